The number of likely N-dealkylation sites (N-methyl/N-ethyl adjacent to an activating group) is 1. The van der Waals surface area contributed by atoms with Crippen LogP contribution < -0.4 is 4.74 Å². The Morgan fingerprint density at radius 3 is 2.45 bits per heavy atom. The van der Waals surface area contributed by atoms with Crippen molar-refractivity contribution in [3.05, 3.63) is 46.6 Å². The fraction of sp³-hybridized carbons (Fsp3) is 0.368. The predicted molar refractivity (Wildman–Crippen MR) is 110 cm³/mol. The van der Waals surface area contributed by atoms with E-state index < -0.39 is 11.9 Å². The average Bonchev–Trinajstić information content (AvgIpc) is 3.15. The fourth-order valence-electron chi connectivity index (χ4n) is 2.72. The highest BCUT2D eigenvalue weighted by atomic mass is 35.5. The first kappa shape index (κ1) is 22.8. The van der Waals surface area contributed by atoms with Gasteiger partial charge in [0.25, 0.3) is 5.88 Å². The summed E-state index contributed by atoms with van der Waals surface area (Å²) in [4.78, 5) is 20.5. The smallest absolute Gasteiger partial charge is 0.414 e. The lowest BCUT2D eigenvalue weighted by Gasteiger charge is -2.23. The topological polar surface area (TPSA) is 113 Å². The first-order valence-electron chi connectivity index (χ1n) is 8.90. The van der Waals surface area contributed by atoms with Crippen LogP contribution in [0.1, 0.15) is 37.1 Å². The van der Waals surface area contributed by atoms with Crippen molar-refractivity contribution in [3.8, 4) is 5.88 Å². The number of nitrogens with zero attached hydrogens (tertiary/aromatic N) is 3. The Hall–Kier alpha value is -2.49. The molecule has 0 radical (unpaired) electrons. The Bertz CT molecular complexity index is 857. The number of aromatic nitrogens is 2. The van der Waals surface area contributed by atoms with Gasteiger partial charge in [0.15, 0.2) is 0 Å². The largest absolute Gasteiger partial charge is 0.473 e. The number of benzene rings is 1. The van der Waals surface area contributed by atoms with E-state index in [1.165, 1.54) is 17.3 Å². The fourth-order valence-corrected chi connectivity index (χ4v) is 3.37. The highest BCUT2D eigenvalue weighted by Crippen LogP contribution is 2.31. The Morgan fingerprint density at radius 1 is 1.24 bits per heavy atom. The average molecular weight is 440 g/mol. The van der Waals surface area contributed by atoms with Crippen LogP contribution in [0.5, 0.6) is 5.88 Å². The maximum absolute atomic E-state index is 9.10. The van der Waals surface area contributed by atoms with E-state index in [9.17, 15) is 0 Å². The van der Waals surface area contributed by atoms with Crippen LogP contribution in [0.2, 0.25) is 5.02 Å². The molecule has 1 atom stereocenters. The van der Waals surface area contributed by atoms with Crippen molar-refractivity contribution in [2.24, 2.45) is 0 Å². The minimum Gasteiger partial charge on any atom is -0.473 e. The quantitative estimate of drug-likeness (QED) is 0.679. The van der Waals surface area contributed by atoms with Crippen LogP contribution in [0.4, 0.5) is 0 Å². The zero-order valence-corrected chi connectivity index (χ0v) is 17.6. The summed E-state index contributed by atoms with van der Waals surface area (Å²) < 4.78 is 15.0. The molecule has 0 fully saturated rings. The van der Waals surface area contributed by atoms with Crippen LogP contribution in [0.25, 0.3) is 5.57 Å². The molecule has 0 amide bonds. The minimum absolute atomic E-state index is 0.0446. The molecule has 1 aromatic carbocycles. The molecule has 0 aliphatic carbocycles. The molecule has 0 bridgehead atoms. The van der Waals surface area contributed by atoms with Crippen molar-refractivity contribution < 1.29 is 24.5 Å². The maximum atomic E-state index is 9.10. The van der Waals surface area contributed by atoms with E-state index in [0.29, 0.717) is 5.88 Å². The summed E-state index contributed by atoms with van der Waals surface area (Å²) >= 11 is 7.17. The highest BCUT2D eigenvalue weighted by molar-refractivity contribution is 6.99. The second kappa shape index (κ2) is 10.9. The lowest BCUT2D eigenvalue weighted by Crippen LogP contribution is -2.25. The van der Waals surface area contributed by atoms with Crippen LogP contribution in [-0.4, -0.2) is 55.9 Å². The van der Waals surface area contributed by atoms with Crippen LogP contribution in [0, 0.1) is 0 Å². The molecule has 29 heavy (non-hydrogen) atoms. The first-order valence-corrected chi connectivity index (χ1v) is 10.0. The van der Waals surface area contributed by atoms with Gasteiger partial charge in [-0.1, -0.05) is 36.7 Å². The van der Waals surface area contributed by atoms with E-state index in [2.05, 4.69) is 33.7 Å². The van der Waals surface area contributed by atoms with E-state index in [1.54, 1.807) is 0 Å². The SMILES string of the molecule is CCC(Oc1nsnc1C1=CCCN(C)C1)c1ccc(Cl)cc1.O=C(O)C(=O)O. The second-order valence-corrected chi connectivity index (χ2v) is 7.32. The Kier molecular flexibility index (Phi) is 8.56. The summed E-state index contributed by atoms with van der Waals surface area (Å²) in [6.07, 6.45) is 4.10. The number of carbonyl (C=O) groups is 2. The van der Waals surface area contributed by atoms with Gasteiger partial charge in [0.1, 0.15) is 11.8 Å². The van der Waals surface area contributed by atoms with Crippen molar-refractivity contribution in [3.63, 3.8) is 0 Å². The lowest BCUT2D eigenvalue weighted by atomic mass is 10.1. The molecule has 8 nitrogen and oxygen atoms in total. The Morgan fingerprint density at radius 2 is 1.90 bits per heavy atom. The van der Waals surface area contributed by atoms with Gasteiger partial charge in [0, 0.05) is 18.1 Å². The van der Waals surface area contributed by atoms with Crippen molar-refractivity contribution in [2.45, 2.75) is 25.9 Å². The van der Waals surface area contributed by atoms with E-state index in [0.717, 1.165) is 42.2 Å². The highest BCUT2D eigenvalue weighted by Gasteiger charge is 2.21. The number of hydrogen-bond donors (Lipinski definition) is 2. The van der Waals surface area contributed by atoms with Crippen molar-refractivity contribution >= 4 is 40.8 Å². The zero-order chi connectivity index (χ0) is 21.4. The van der Waals surface area contributed by atoms with Crippen molar-refractivity contribution in [1.29, 1.82) is 0 Å². The summed E-state index contributed by atoms with van der Waals surface area (Å²) in [6.45, 7) is 4.07. The summed E-state index contributed by atoms with van der Waals surface area (Å²) in [5, 5.41) is 15.5. The molecular weight excluding hydrogens is 418 g/mol. The number of ether oxygens (including phenoxy) is 1. The number of halogens is 1. The molecule has 0 spiro atoms. The molecule has 1 aliphatic heterocycles. The number of rotatable bonds is 5. The van der Waals surface area contributed by atoms with Gasteiger partial charge in [-0.15, -0.1) is 4.37 Å². The molecule has 1 aliphatic rings. The predicted octanol–water partition coefficient (Wildman–Crippen LogP) is 3.60. The molecule has 0 saturated carbocycles. The molecule has 1 aromatic heterocycles. The standard InChI is InChI=1S/C17H20ClN3OS.C2H2O4/c1-3-15(12-6-8-14(18)9-7-12)22-17-16(19-23-20-17)13-5-4-10-21(2)11-13;3-1(4)2(5)6/h5-9,15H,3-4,10-11H2,1-2H3;(H,3,4)(H,5,6). The maximum Gasteiger partial charge on any atom is 0.414 e. The van der Waals surface area contributed by atoms with Gasteiger partial charge in [0.2, 0.25) is 0 Å². The summed E-state index contributed by atoms with van der Waals surface area (Å²) in [7, 11) is 2.12. The number of aliphatic carboxylic acids is 2. The molecule has 3 rings (SSSR count). The van der Waals surface area contributed by atoms with Gasteiger partial charge in [-0.3, -0.25) is 0 Å². The third kappa shape index (κ3) is 6.81. The summed E-state index contributed by atoms with van der Waals surface area (Å²) in [5.41, 5.74) is 3.19. The van der Waals surface area contributed by atoms with E-state index >= 15 is 0 Å². The summed E-state index contributed by atoms with van der Waals surface area (Å²) in [6, 6.07) is 7.79. The van der Waals surface area contributed by atoms with Crippen molar-refractivity contribution in [2.75, 3.05) is 20.1 Å². The van der Waals surface area contributed by atoms with Gasteiger partial charge >= 0.3 is 11.9 Å². The van der Waals surface area contributed by atoms with Crippen molar-refractivity contribution in [1.82, 2.24) is 13.6 Å². The first-order chi connectivity index (χ1) is 13.8. The minimum atomic E-state index is -1.82. The summed E-state index contributed by atoms with van der Waals surface area (Å²) in [5.74, 6) is -3.01. The molecule has 10 heteroatoms. The second-order valence-electron chi connectivity index (χ2n) is 6.35. The molecule has 2 heterocycles. The lowest BCUT2D eigenvalue weighted by molar-refractivity contribution is -0.159. The normalized spacial score (nSPS) is 14.9. The Balaban J connectivity index is 0.000000438. The van der Waals surface area contributed by atoms with E-state index in [4.69, 9.17) is 36.1 Å². The monoisotopic (exact) mass is 439 g/mol. The third-order valence-corrected chi connectivity index (χ3v) is 4.92. The molecule has 1 unspecified atom stereocenters. The number of carboxylic acids is 2. The molecule has 2 aromatic rings. The van der Waals surface area contributed by atoms with E-state index in [-0.39, 0.29) is 6.10 Å². The number of carboxylic acid groups (broad SMARTS) is 2. The van der Waals surface area contributed by atoms with E-state index in [1.807, 2.05) is 24.3 Å². The van der Waals surface area contributed by atoms with Crippen LogP contribution in [-0.2, 0) is 9.59 Å². The molecule has 2 N–H and O–H groups in total. The van der Waals surface area contributed by atoms with Crippen LogP contribution in [0.15, 0.2) is 30.3 Å². The van der Waals surface area contributed by atoms with Crippen LogP contribution in [0.3, 0.4) is 0 Å². The van der Waals surface area contributed by atoms with Gasteiger partial charge in [-0.25, -0.2) is 9.59 Å². The van der Waals surface area contributed by atoms with Gasteiger partial charge in [0.05, 0.1) is 11.7 Å². The Labute approximate surface area is 177 Å². The third-order valence-electron chi connectivity index (χ3n) is 4.15. The van der Waals surface area contributed by atoms with Gasteiger partial charge < -0.3 is 19.8 Å². The van der Waals surface area contributed by atoms with Gasteiger partial charge in [-0.2, -0.15) is 4.37 Å². The molecule has 156 valence electrons. The molecular formula is C19H22ClN3O5S. The van der Waals surface area contributed by atoms with Gasteiger partial charge in [-0.05, 0) is 43.2 Å². The zero-order valence-electron chi connectivity index (χ0n) is 16.0. The van der Waals surface area contributed by atoms with Crippen LogP contribution >= 0.6 is 23.3 Å². The number of hydrogen-bond acceptors (Lipinski definition) is 7. The molecule has 0 saturated heterocycles.